The largest absolute Gasteiger partial charge is 0.303 e. The number of hydrogen-bond acceptors (Lipinski definition) is 3. The van der Waals surface area contributed by atoms with E-state index in [1.54, 1.807) is 0 Å². The first-order valence-electron chi connectivity index (χ1n) is 9.14. The summed E-state index contributed by atoms with van der Waals surface area (Å²) in [7, 11) is -3.76. The Kier molecular flexibility index (Phi) is 6.52. The molecule has 0 spiro atoms. The molecule has 140 valence electrons. The Morgan fingerprint density at radius 2 is 1.68 bits per heavy atom. The van der Waals surface area contributed by atoms with E-state index in [2.05, 4.69) is 20.8 Å². The third-order valence-electron chi connectivity index (χ3n) is 5.30. The Hall–Kier alpha value is -0.500. The smallest absolute Gasteiger partial charge is 0.246 e. The molecule has 7 heteroatoms. The van der Waals surface area contributed by atoms with Crippen LogP contribution in [0.3, 0.4) is 0 Å². The minimum absolute atomic E-state index is 0.229. The van der Waals surface area contributed by atoms with E-state index in [0.717, 1.165) is 19.4 Å². The molecule has 0 aromatic heterocycles. The Balaban J connectivity index is 1.60. The highest BCUT2D eigenvalue weighted by molar-refractivity contribution is 9.10. The van der Waals surface area contributed by atoms with Crippen molar-refractivity contribution >= 4 is 26.0 Å². The summed E-state index contributed by atoms with van der Waals surface area (Å²) in [5.41, 5.74) is 0. The van der Waals surface area contributed by atoms with Crippen LogP contribution in [-0.2, 0) is 10.0 Å². The molecule has 0 amide bonds. The second-order valence-corrected chi connectivity index (χ2v) is 9.96. The van der Waals surface area contributed by atoms with E-state index >= 15 is 0 Å². The highest BCUT2D eigenvalue weighted by Gasteiger charge is 2.32. The minimum atomic E-state index is -3.76. The fraction of sp³-hybridized carbons (Fsp3) is 0.667. The number of piperidine rings is 1. The third kappa shape index (κ3) is 4.81. The lowest BCUT2D eigenvalue weighted by molar-refractivity contribution is 0.186. The summed E-state index contributed by atoms with van der Waals surface area (Å²) in [5, 5.41) is 0. The molecule has 0 atom stereocenters. The van der Waals surface area contributed by atoms with Crippen molar-refractivity contribution in [3.8, 4) is 0 Å². The van der Waals surface area contributed by atoms with Crippen molar-refractivity contribution in [2.24, 2.45) is 5.92 Å². The molecular weight excluding hydrogens is 407 g/mol. The average molecular weight is 433 g/mol. The number of halogens is 2. The van der Waals surface area contributed by atoms with Crippen LogP contribution in [0.1, 0.15) is 38.5 Å². The van der Waals surface area contributed by atoms with Gasteiger partial charge in [0.05, 0.1) is 0 Å². The molecule has 2 heterocycles. The van der Waals surface area contributed by atoms with Crippen LogP contribution in [0.25, 0.3) is 0 Å². The van der Waals surface area contributed by atoms with E-state index in [0.29, 0.717) is 23.5 Å². The molecule has 2 fully saturated rings. The van der Waals surface area contributed by atoms with Crippen molar-refractivity contribution in [2.75, 3.05) is 32.7 Å². The Morgan fingerprint density at radius 3 is 2.32 bits per heavy atom. The summed E-state index contributed by atoms with van der Waals surface area (Å²) in [6.45, 7) is 4.36. The van der Waals surface area contributed by atoms with Gasteiger partial charge in [-0.2, -0.15) is 4.31 Å². The van der Waals surface area contributed by atoms with Crippen LogP contribution in [0, 0.1) is 11.7 Å². The van der Waals surface area contributed by atoms with Gasteiger partial charge in [0.25, 0.3) is 0 Å². The SMILES string of the molecule is O=S(=O)(c1cc(Br)ccc1F)N1CCC(CN2CCCCCC2)CC1. The summed E-state index contributed by atoms with van der Waals surface area (Å²) in [5.74, 6) is -0.146. The normalized spacial score (nSPS) is 22.0. The van der Waals surface area contributed by atoms with Gasteiger partial charge >= 0.3 is 0 Å². The lowest BCUT2D eigenvalue weighted by Crippen LogP contribution is -2.42. The van der Waals surface area contributed by atoms with Gasteiger partial charge in [0.1, 0.15) is 10.7 Å². The lowest BCUT2D eigenvalue weighted by atomic mass is 9.97. The minimum Gasteiger partial charge on any atom is -0.303 e. The zero-order valence-electron chi connectivity index (χ0n) is 14.5. The van der Waals surface area contributed by atoms with Crippen molar-refractivity contribution in [2.45, 2.75) is 43.4 Å². The molecule has 25 heavy (non-hydrogen) atoms. The van der Waals surface area contributed by atoms with Gasteiger partial charge in [-0.1, -0.05) is 28.8 Å². The van der Waals surface area contributed by atoms with Gasteiger partial charge in [0.2, 0.25) is 10.0 Å². The van der Waals surface area contributed by atoms with E-state index in [4.69, 9.17) is 0 Å². The maximum Gasteiger partial charge on any atom is 0.246 e. The number of benzene rings is 1. The second-order valence-electron chi connectivity index (χ2n) is 7.14. The standard InChI is InChI=1S/C18H26BrFN2O2S/c19-16-5-6-17(20)18(13-16)25(23,24)22-11-7-15(8-12-22)14-21-9-3-1-2-4-10-21/h5-6,13,15H,1-4,7-12,14H2. The van der Waals surface area contributed by atoms with Crippen LogP contribution in [0.15, 0.2) is 27.6 Å². The zero-order valence-corrected chi connectivity index (χ0v) is 16.9. The van der Waals surface area contributed by atoms with E-state index in [-0.39, 0.29) is 4.90 Å². The number of likely N-dealkylation sites (tertiary alicyclic amines) is 1. The van der Waals surface area contributed by atoms with Gasteiger partial charge in [-0.05, 0) is 62.9 Å². The Bertz CT molecular complexity index is 682. The van der Waals surface area contributed by atoms with E-state index in [1.807, 2.05) is 0 Å². The monoisotopic (exact) mass is 432 g/mol. The molecule has 2 aliphatic rings. The Morgan fingerprint density at radius 1 is 1.04 bits per heavy atom. The van der Waals surface area contributed by atoms with Crippen LogP contribution < -0.4 is 0 Å². The highest BCUT2D eigenvalue weighted by Crippen LogP contribution is 2.28. The summed E-state index contributed by atoms with van der Waals surface area (Å²) in [4.78, 5) is 2.31. The fourth-order valence-electron chi connectivity index (χ4n) is 3.83. The average Bonchev–Trinajstić information content (AvgIpc) is 2.86. The third-order valence-corrected chi connectivity index (χ3v) is 7.71. The van der Waals surface area contributed by atoms with E-state index in [1.165, 1.54) is 61.3 Å². The van der Waals surface area contributed by atoms with E-state index < -0.39 is 15.8 Å². The van der Waals surface area contributed by atoms with Gasteiger partial charge in [0.15, 0.2) is 0 Å². The van der Waals surface area contributed by atoms with Gasteiger partial charge in [-0.3, -0.25) is 0 Å². The molecular formula is C18H26BrFN2O2S. The molecule has 4 nitrogen and oxygen atoms in total. The number of nitrogens with zero attached hydrogens (tertiary/aromatic N) is 2. The maximum atomic E-state index is 14.0. The van der Waals surface area contributed by atoms with Crippen LogP contribution in [0.4, 0.5) is 4.39 Å². The summed E-state index contributed by atoms with van der Waals surface area (Å²) >= 11 is 3.23. The first kappa shape index (κ1) is 19.3. The quantitative estimate of drug-likeness (QED) is 0.724. The maximum absolute atomic E-state index is 14.0. The van der Waals surface area contributed by atoms with Crippen LogP contribution in [-0.4, -0.2) is 50.3 Å². The van der Waals surface area contributed by atoms with Crippen molar-refractivity contribution in [3.05, 3.63) is 28.5 Å². The molecule has 0 N–H and O–H groups in total. The summed E-state index contributed by atoms with van der Waals surface area (Å²) < 4.78 is 41.5. The zero-order chi connectivity index (χ0) is 17.9. The molecule has 0 radical (unpaired) electrons. The lowest BCUT2D eigenvalue weighted by Gasteiger charge is -2.34. The fourth-order valence-corrected chi connectivity index (χ4v) is 5.90. The van der Waals surface area contributed by atoms with E-state index in [9.17, 15) is 12.8 Å². The number of hydrogen-bond donors (Lipinski definition) is 0. The molecule has 0 bridgehead atoms. The van der Waals surface area contributed by atoms with Crippen LogP contribution in [0.5, 0.6) is 0 Å². The molecule has 0 aliphatic carbocycles. The van der Waals surface area contributed by atoms with Crippen molar-refractivity contribution in [1.82, 2.24) is 9.21 Å². The molecule has 2 aliphatic heterocycles. The highest BCUT2D eigenvalue weighted by atomic mass is 79.9. The number of sulfonamides is 1. The topological polar surface area (TPSA) is 40.6 Å². The van der Waals surface area contributed by atoms with Gasteiger partial charge in [0, 0.05) is 24.1 Å². The number of rotatable bonds is 4. The first-order valence-corrected chi connectivity index (χ1v) is 11.4. The van der Waals surface area contributed by atoms with Crippen LogP contribution >= 0.6 is 15.9 Å². The molecule has 1 aromatic carbocycles. The predicted octanol–water partition coefficient (Wildman–Crippen LogP) is 3.86. The molecule has 1 aromatic rings. The molecule has 3 rings (SSSR count). The van der Waals surface area contributed by atoms with Gasteiger partial charge in [-0.25, -0.2) is 12.8 Å². The second kappa shape index (κ2) is 8.46. The van der Waals surface area contributed by atoms with Gasteiger partial charge < -0.3 is 4.90 Å². The Labute approximate surface area is 158 Å². The van der Waals surface area contributed by atoms with Crippen molar-refractivity contribution in [3.63, 3.8) is 0 Å². The van der Waals surface area contributed by atoms with Crippen molar-refractivity contribution in [1.29, 1.82) is 0 Å². The molecule has 0 unspecified atom stereocenters. The first-order chi connectivity index (χ1) is 12.0. The summed E-state index contributed by atoms with van der Waals surface area (Å²) in [6.07, 6.45) is 6.90. The van der Waals surface area contributed by atoms with Gasteiger partial charge in [-0.15, -0.1) is 0 Å². The molecule has 2 saturated heterocycles. The predicted molar refractivity (Wildman–Crippen MR) is 100 cm³/mol. The van der Waals surface area contributed by atoms with Crippen molar-refractivity contribution < 1.29 is 12.8 Å². The summed E-state index contributed by atoms with van der Waals surface area (Å²) in [6, 6.07) is 4.07. The molecule has 0 saturated carbocycles. The van der Waals surface area contributed by atoms with Crippen LogP contribution in [0.2, 0.25) is 0 Å².